The molecule has 0 fully saturated rings. The number of benzene rings is 1. The second-order valence-electron chi connectivity index (χ2n) is 5.53. The van der Waals surface area contributed by atoms with Crippen molar-refractivity contribution in [2.45, 2.75) is 45.6 Å². The van der Waals surface area contributed by atoms with Crippen molar-refractivity contribution in [2.24, 2.45) is 11.7 Å². The van der Waals surface area contributed by atoms with Gasteiger partial charge in [0.1, 0.15) is 0 Å². The first kappa shape index (κ1) is 17.2. The highest BCUT2D eigenvalue weighted by Crippen LogP contribution is 2.18. The van der Waals surface area contributed by atoms with Gasteiger partial charge in [0.2, 0.25) is 5.91 Å². The van der Waals surface area contributed by atoms with Crippen LogP contribution in [0.3, 0.4) is 0 Å². The lowest BCUT2D eigenvalue weighted by Crippen LogP contribution is -2.22. The standard InChI is InChI=1S/C16H24N2O3/c1-11(6-5-7-12(2)17)16(21)18-14-9-4-3-8-13(14)10-15(19)20/h3-4,8-9,11-12H,5-7,10,17H2,1-2H3,(H,18,21)(H,19,20). The summed E-state index contributed by atoms with van der Waals surface area (Å²) in [5, 5.41) is 11.7. The van der Waals surface area contributed by atoms with Crippen molar-refractivity contribution >= 4 is 17.6 Å². The Morgan fingerprint density at radius 1 is 1.24 bits per heavy atom. The molecule has 5 heteroatoms. The van der Waals surface area contributed by atoms with Crippen LogP contribution in [0.15, 0.2) is 24.3 Å². The number of carbonyl (C=O) groups is 2. The Hall–Kier alpha value is -1.88. The van der Waals surface area contributed by atoms with Crippen LogP contribution in [0.4, 0.5) is 5.69 Å². The van der Waals surface area contributed by atoms with Crippen molar-refractivity contribution in [3.8, 4) is 0 Å². The van der Waals surface area contributed by atoms with Crippen molar-refractivity contribution in [1.29, 1.82) is 0 Å². The number of nitrogens with one attached hydrogen (secondary N) is 1. The molecular formula is C16H24N2O3. The highest BCUT2D eigenvalue weighted by atomic mass is 16.4. The molecule has 5 nitrogen and oxygen atoms in total. The van der Waals surface area contributed by atoms with Crippen LogP contribution in [-0.4, -0.2) is 23.0 Å². The van der Waals surface area contributed by atoms with Gasteiger partial charge >= 0.3 is 5.97 Å². The maximum Gasteiger partial charge on any atom is 0.307 e. The van der Waals surface area contributed by atoms with E-state index in [9.17, 15) is 9.59 Å². The topological polar surface area (TPSA) is 92.4 Å². The third-order valence-electron chi connectivity index (χ3n) is 3.36. The average Bonchev–Trinajstić information content (AvgIpc) is 2.39. The summed E-state index contributed by atoms with van der Waals surface area (Å²) < 4.78 is 0. The van der Waals surface area contributed by atoms with Gasteiger partial charge < -0.3 is 16.2 Å². The molecule has 0 saturated heterocycles. The fourth-order valence-corrected chi connectivity index (χ4v) is 2.09. The number of aliphatic carboxylic acids is 1. The summed E-state index contributed by atoms with van der Waals surface area (Å²) in [5.41, 5.74) is 6.87. The van der Waals surface area contributed by atoms with Crippen LogP contribution in [0, 0.1) is 5.92 Å². The first-order valence-corrected chi connectivity index (χ1v) is 7.26. The summed E-state index contributed by atoms with van der Waals surface area (Å²) in [6, 6.07) is 7.13. The zero-order chi connectivity index (χ0) is 15.8. The molecule has 0 heterocycles. The van der Waals surface area contributed by atoms with Gasteiger partial charge in [-0.15, -0.1) is 0 Å². The van der Waals surface area contributed by atoms with Gasteiger partial charge in [-0.2, -0.15) is 0 Å². The van der Waals surface area contributed by atoms with Crippen LogP contribution in [-0.2, 0) is 16.0 Å². The third kappa shape index (κ3) is 6.40. The number of hydrogen-bond donors (Lipinski definition) is 3. The molecule has 1 aromatic rings. The van der Waals surface area contributed by atoms with E-state index in [0.717, 1.165) is 19.3 Å². The van der Waals surface area contributed by atoms with Gasteiger partial charge in [0.05, 0.1) is 6.42 Å². The molecule has 21 heavy (non-hydrogen) atoms. The van der Waals surface area contributed by atoms with E-state index in [1.54, 1.807) is 24.3 Å². The van der Waals surface area contributed by atoms with Gasteiger partial charge in [-0.25, -0.2) is 0 Å². The monoisotopic (exact) mass is 292 g/mol. The quantitative estimate of drug-likeness (QED) is 0.686. The molecule has 0 bridgehead atoms. The Bertz CT molecular complexity index is 486. The second kappa shape index (κ2) is 8.42. The molecule has 2 atom stereocenters. The van der Waals surface area contributed by atoms with E-state index in [4.69, 9.17) is 10.8 Å². The lowest BCUT2D eigenvalue weighted by atomic mass is 10.0. The Kier molecular flexibility index (Phi) is 6.88. The van der Waals surface area contributed by atoms with E-state index >= 15 is 0 Å². The van der Waals surface area contributed by atoms with Crippen molar-refractivity contribution in [1.82, 2.24) is 0 Å². The zero-order valence-corrected chi connectivity index (χ0v) is 12.6. The summed E-state index contributed by atoms with van der Waals surface area (Å²) in [5.74, 6) is -1.12. The van der Waals surface area contributed by atoms with Crippen molar-refractivity contribution < 1.29 is 14.7 Å². The molecule has 1 rings (SSSR count). The molecule has 2 unspecified atom stereocenters. The first-order chi connectivity index (χ1) is 9.90. The molecule has 1 amide bonds. The number of carboxylic acids is 1. The number of rotatable bonds is 8. The fourth-order valence-electron chi connectivity index (χ4n) is 2.09. The van der Waals surface area contributed by atoms with E-state index in [1.807, 2.05) is 13.8 Å². The van der Waals surface area contributed by atoms with E-state index in [-0.39, 0.29) is 24.3 Å². The van der Waals surface area contributed by atoms with E-state index in [2.05, 4.69) is 5.32 Å². The third-order valence-corrected chi connectivity index (χ3v) is 3.36. The minimum absolute atomic E-state index is 0.0856. The summed E-state index contributed by atoms with van der Waals surface area (Å²) in [4.78, 5) is 23.0. The number of amides is 1. The number of carbonyl (C=O) groups excluding carboxylic acids is 1. The maximum absolute atomic E-state index is 12.1. The van der Waals surface area contributed by atoms with Crippen LogP contribution in [0.1, 0.15) is 38.7 Å². The number of carboxylic acid groups (broad SMARTS) is 1. The molecular weight excluding hydrogens is 268 g/mol. The summed E-state index contributed by atoms with van der Waals surface area (Å²) in [6.45, 7) is 3.82. The summed E-state index contributed by atoms with van der Waals surface area (Å²) in [6.07, 6.45) is 2.47. The molecule has 4 N–H and O–H groups in total. The second-order valence-corrected chi connectivity index (χ2v) is 5.53. The number of para-hydroxylation sites is 1. The molecule has 0 saturated carbocycles. The Balaban J connectivity index is 2.59. The predicted molar refractivity (Wildman–Crippen MR) is 83.1 cm³/mol. The number of anilines is 1. The SMILES string of the molecule is CC(N)CCCC(C)C(=O)Nc1ccccc1CC(=O)O. The molecule has 0 aliphatic heterocycles. The Morgan fingerprint density at radius 3 is 2.52 bits per heavy atom. The van der Waals surface area contributed by atoms with Gasteiger partial charge in [-0.3, -0.25) is 9.59 Å². The maximum atomic E-state index is 12.1. The van der Waals surface area contributed by atoms with Crippen LogP contribution < -0.4 is 11.1 Å². The molecule has 1 aromatic carbocycles. The van der Waals surface area contributed by atoms with Crippen molar-refractivity contribution in [3.05, 3.63) is 29.8 Å². The Morgan fingerprint density at radius 2 is 1.90 bits per heavy atom. The minimum Gasteiger partial charge on any atom is -0.481 e. The first-order valence-electron chi connectivity index (χ1n) is 7.26. The molecule has 0 aromatic heterocycles. The average molecular weight is 292 g/mol. The highest BCUT2D eigenvalue weighted by molar-refractivity contribution is 5.93. The van der Waals surface area contributed by atoms with Crippen LogP contribution in [0.5, 0.6) is 0 Å². The lowest BCUT2D eigenvalue weighted by Gasteiger charge is -2.15. The smallest absolute Gasteiger partial charge is 0.307 e. The van der Waals surface area contributed by atoms with Gasteiger partial charge in [-0.05, 0) is 31.4 Å². The predicted octanol–water partition coefficient (Wildman–Crippen LogP) is 2.41. The van der Waals surface area contributed by atoms with Gasteiger partial charge in [0.15, 0.2) is 0 Å². The molecule has 0 radical (unpaired) electrons. The zero-order valence-electron chi connectivity index (χ0n) is 12.6. The normalized spacial score (nSPS) is 13.5. The van der Waals surface area contributed by atoms with Crippen molar-refractivity contribution in [2.75, 3.05) is 5.32 Å². The van der Waals surface area contributed by atoms with E-state index < -0.39 is 5.97 Å². The molecule has 0 spiro atoms. The fraction of sp³-hybridized carbons (Fsp3) is 0.500. The van der Waals surface area contributed by atoms with Crippen molar-refractivity contribution in [3.63, 3.8) is 0 Å². The lowest BCUT2D eigenvalue weighted by molar-refractivity contribution is -0.136. The molecule has 0 aliphatic rings. The summed E-state index contributed by atoms with van der Waals surface area (Å²) >= 11 is 0. The minimum atomic E-state index is -0.915. The molecule has 116 valence electrons. The highest BCUT2D eigenvalue weighted by Gasteiger charge is 2.15. The van der Waals surface area contributed by atoms with E-state index in [0.29, 0.717) is 11.3 Å². The van der Waals surface area contributed by atoms with Crippen LogP contribution in [0.25, 0.3) is 0 Å². The Labute approximate surface area is 125 Å². The number of nitrogens with two attached hydrogens (primary N) is 1. The summed E-state index contributed by atoms with van der Waals surface area (Å²) in [7, 11) is 0. The molecule has 0 aliphatic carbocycles. The largest absolute Gasteiger partial charge is 0.481 e. The number of hydrogen-bond acceptors (Lipinski definition) is 3. The van der Waals surface area contributed by atoms with Crippen LogP contribution in [0.2, 0.25) is 0 Å². The van der Waals surface area contributed by atoms with E-state index in [1.165, 1.54) is 0 Å². The van der Waals surface area contributed by atoms with Gasteiger partial charge in [0, 0.05) is 17.6 Å². The van der Waals surface area contributed by atoms with Crippen LogP contribution >= 0.6 is 0 Å². The van der Waals surface area contributed by atoms with Gasteiger partial charge in [0.25, 0.3) is 0 Å². The van der Waals surface area contributed by atoms with Gasteiger partial charge in [-0.1, -0.05) is 31.5 Å².